The molecule has 13 N–H and O–H groups in total. The van der Waals surface area contributed by atoms with Gasteiger partial charge < -0.3 is 49.1 Å². The lowest BCUT2D eigenvalue weighted by atomic mass is 10.1. The van der Waals surface area contributed by atoms with E-state index in [1.54, 1.807) is 0 Å². The van der Waals surface area contributed by atoms with E-state index in [1.807, 2.05) is 6.26 Å². The number of carboxylic acids is 1. The zero-order valence-corrected chi connectivity index (χ0v) is 21.8. The lowest BCUT2D eigenvalue weighted by Gasteiger charge is -2.26. The highest BCUT2D eigenvalue weighted by Crippen LogP contribution is 2.07. The van der Waals surface area contributed by atoms with Crippen LogP contribution in [0.2, 0.25) is 0 Å². The fourth-order valence-electron chi connectivity index (χ4n) is 3.10. The standard InChI is InChI=1S/C21H42N8O6S/c1-12(30)16(29-17(31)13(23)6-5-10-26-21(24)25)19(33)27-14(8-11-36-2)18(32)28-15(20(34)35)7-3-4-9-22/h12-16,30H,3-11,22-23H2,1-2H3,(H,27,33)(H,28,32)(H,29,31)(H,34,35)(H4,24,25,26). The van der Waals surface area contributed by atoms with Crippen molar-refractivity contribution >= 4 is 41.4 Å². The monoisotopic (exact) mass is 534 g/mol. The zero-order chi connectivity index (χ0) is 27.7. The van der Waals surface area contributed by atoms with E-state index in [9.17, 15) is 29.4 Å². The van der Waals surface area contributed by atoms with Gasteiger partial charge in [-0.3, -0.25) is 19.4 Å². The van der Waals surface area contributed by atoms with E-state index >= 15 is 0 Å². The zero-order valence-electron chi connectivity index (χ0n) is 20.9. The molecule has 0 saturated heterocycles. The number of nitrogens with two attached hydrogens (primary N) is 4. The number of carboxylic acid groups (broad SMARTS) is 1. The molecule has 3 amide bonds. The van der Waals surface area contributed by atoms with Crippen molar-refractivity contribution in [3.05, 3.63) is 0 Å². The third-order valence-electron chi connectivity index (χ3n) is 5.17. The minimum absolute atomic E-state index is 0.0795. The Kier molecular flexibility index (Phi) is 17.3. The first kappa shape index (κ1) is 33.4. The molecule has 0 radical (unpaired) electrons. The first-order valence-corrected chi connectivity index (χ1v) is 13.2. The number of hydrogen-bond acceptors (Lipinski definition) is 9. The van der Waals surface area contributed by atoms with Crippen molar-refractivity contribution in [2.75, 3.05) is 25.1 Å². The minimum Gasteiger partial charge on any atom is -0.480 e. The van der Waals surface area contributed by atoms with E-state index in [2.05, 4.69) is 20.9 Å². The van der Waals surface area contributed by atoms with E-state index < -0.39 is 54.0 Å². The van der Waals surface area contributed by atoms with Gasteiger partial charge in [0.05, 0.1) is 12.1 Å². The number of carbonyl (C=O) groups excluding carboxylic acids is 3. The molecule has 5 unspecified atom stereocenters. The van der Waals surface area contributed by atoms with Crippen molar-refractivity contribution in [1.82, 2.24) is 16.0 Å². The average molecular weight is 535 g/mol. The Morgan fingerprint density at radius 2 is 1.56 bits per heavy atom. The summed E-state index contributed by atoms with van der Waals surface area (Å²) in [7, 11) is 0. The molecule has 0 aromatic heterocycles. The molecule has 208 valence electrons. The van der Waals surface area contributed by atoms with E-state index in [1.165, 1.54) is 18.7 Å². The summed E-state index contributed by atoms with van der Waals surface area (Å²) in [5.41, 5.74) is 21.8. The van der Waals surface area contributed by atoms with Crippen LogP contribution in [0, 0.1) is 0 Å². The molecule has 0 fully saturated rings. The van der Waals surface area contributed by atoms with Gasteiger partial charge in [-0.15, -0.1) is 0 Å². The maximum absolute atomic E-state index is 12.9. The molecule has 0 rings (SSSR count). The Balaban J connectivity index is 5.25. The van der Waals surface area contributed by atoms with Gasteiger partial charge in [-0.1, -0.05) is 0 Å². The highest BCUT2D eigenvalue weighted by atomic mass is 32.2. The lowest BCUT2D eigenvalue weighted by Crippen LogP contribution is -2.59. The molecule has 0 aromatic rings. The summed E-state index contributed by atoms with van der Waals surface area (Å²) in [6, 6.07) is -4.57. The van der Waals surface area contributed by atoms with Gasteiger partial charge in [-0.05, 0) is 64.0 Å². The molecule has 0 aliphatic heterocycles. The van der Waals surface area contributed by atoms with Crippen LogP contribution in [0.3, 0.4) is 0 Å². The van der Waals surface area contributed by atoms with Gasteiger partial charge >= 0.3 is 5.97 Å². The maximum atomic E-state index is 12.9. The fraction of sp³-hybridized carbons (Fsp3) is 0.762. The van der Waals surface area contributed by atoms with Crippen molar-refractivity contribution in [2.45, 2.75) is 75.7 Å². The molecular weight excluding hydrogens is 492 g/mol. The molecule has 14 nitrogen and oxygen atoms in total. The second-order valence-corrected chi connectivity index (χ2v) is 9.29. The molecule has 15 heteroatoms. The first-order chi connectivity index (χ1) is 16.9. The van der Waals surface area contributed by atoms with Crippen LogP contribution < -0.4 is 38.9 Å². The topological polar surface area (TPSA) is 261 Å². The van der Waals surface area contributed by atoms with Gasteiger partial charge in [0, 0.05) is 6.54 Å². The third kappa shape index (κ3) is 14.1. The smallest absolute Gasteiger partial charge is 0.326 e. The number of nitrogens with zero attached hydrogens (tertiary/aromatic N) is 1. The number of carbonyl (C=O) groups is 4. The van der Waals surface area contributed by atoms with Crippen molar-refractivity contribution < 1.29 is 29.4 Å². The predicted octanol–water partition coefficient (Wildman–Crippen LogP) is -2.83. The van der Waals surface area contributed by atoms with Gasteiger partial charge in [-0.25, -0.2) is 4.79 Å². The number of guanidine groups is 1. The molecular formula is C21H42N8O6S. The normalized spacial score (nSPS) is 15.0. The second-order valence-electron chi connectivity index (χ2n) is 8.31. The molecule has 0 aromatic carbocycles. The summed E-state index contributed by atoms with van der Waals surface area (Å²) in [5, 5.41) is 26.9. The van der Waals surface area contributed by atoms with E-state index in [4.69, 9.17) is 22.9 Å². The average Bonchev–Trinajstić information content (AvgIpc) is 2.81. The highest BCUT2D eigenvalue weighted by Gasteiger charge is 2.32. The minimum atomic E-state index is -1.38. The Bertz CT molecular complexity index is 735. The van der Waals surface area contributed by atoms with Crippen LogP contribution in [-0.2, 0) is 19.2 Å². The number of aliphatic carboxylic acids is 1. The largest absolute Gasteiger partial charge is 0.480 e. The number of nitrogens with one attached hydrogen (secondary N) is 3. The SMILES string of the molecule is CSCCC(NC(=O)C(NC(=O)C(N)CCCN=C(N)N)C(C)O)C(=O)NC(CCCCN)C(=O)O. The third-order valence-corrected chi connectivity index (χ3v) is 5.82. The summed E-state index contributed by atoms with van der Waals surface area (Å²) in [6.45, 7) is 1.99. The van der Waals surface area contributed by atoms with Crippen LogP contribution in [0.25, 0.3) is 0 Å². The van der Waals surface area contributed by atoms with Crippen molar-refractivity contribution in [1.29, 1.82) is 0 Å². The fourth-order valence-corrected chi connectivity index (χ4v) is 3.58. The van der Waals surface area contributed by atoms with Crippen LogP contribution >= 0.6 is 11.8 Å². The Morgan fingerprint density at radius 3 is 2.08 bits per heavy atom. The summed E-state index contributed by atoms with van der Waals surface area (Å²) in [5.74, 6) is -2.93. The number of rotatable bonds is 19. The van der Waals surface area contributed by atoms with Crippen LogP contribution in [0.15, 0.2) is 4.99 Å². The van der Waals surface area contributed by atoms with E-state index in [0.717, 1.165) is 0 Å². The van der Waals surface area contributed by atoms with Crippen molar-refractivity contribution in [3.8, 4) is 0 Å². The maximum Gasteiger partial charge on any atom is 0.326 e. The summed E-state index contributed by atoms with van der Waals surface area (Å²) < 4.78 is 0. The summed E-state index contributed by atoms with van der Waals surface area (Å²) in [4.78, 5) is 53.5. The van der Waals surface area contributed by atoms with Crippen molar-refractivity contribution in [2.24, 2.45) is 27.9 Å². The molecule has 0 saturated carbocycles. The van der Waals surface area contributed by atoms with Gasteiger partial charge in [0.25, 0.3) is 0 Å². The number of aliphatic hydroxyl groups excluding tert-OH is 1. The summed E-state index contributed by atoms with van der Waals surface area (Å²) >= 11 is 1.43. The van der Waals surface area contributed by atoms with Gasteiger partial charge in [0.2, 0.25) is 17.7 Å². The molecule has 0 aliphatic rings. The molecule has 0 heterocycles. The van der Waals surface area contributed by atoms with Gasteiger partial charge in [-0.2, -0.15) is 11.8 Å². The number of thioether (sulfide) groups is 1. The predicted molar refractivity (Wildman–Crippen MR) is 139 cm³/mol. The number of unbranched alkanes of at least 4 members (excludes halogenated alkanes) is 1. The van der Waals surface area contributed by atoms with Crippen LogP contribution in [0.1, 0.15) is 45.4 Å². The van der Waals surface area contributed by atoms with E-state index in [-0.39, 0.29) is 31.8 Å². The second kappa shape index (κ2) is 18.6. The quantitative estimate of drug-likeness (QED) is 0.0463. The summed E-state index contributed by atoms with van der Waals surface area (Å²) in [6.07, 6.45) is 2.69. The highest BCUT2D eigenvalue weighted by molar-refractivity contribution is 7.98. The molecule has 0 aliphatic carbocycles. The Morgan fingerprint density at radius 1 is 0.917 bits per heavy atom. The van der Waals surface area contributed by atoms with Crippen LogP contribution in [0.5, 0.6) is 0 Å². The van der Waals surface area contributed by atoms with E-state index in [0.29, 0.717) is 31.6 Å². The van der Waals surface area contributed by atoms with Crippen LogP contribution in [0.4, 0.5) is 0 Å². The molecule has 36 heavy (non-hydrogen) atoms. The van der Waals surface area contributed by atoms with Crippen molar-refractivity contribution in [3.63, 3.8) is 0 Å². The number of aliphatic imine (C=N–C) groups is 1. The number of hydrogen-bond donors (Lipinski definition) is 9. The first-order valence-electron chi connectivity index (χ1n) is 11.8. The van der Waals surface area contributed by atoms with Crippen LogP contribution in [-0.4, -0.2) is 95.2 Å². The molecule has 0 spiro atoms. The Labute approximate surface area is 215 Å². The Hall–Kier alpha value is -2.62. The van der Waals surface area contributed by atoms with Gasteiger partial charge in [0.15, 0.2) is 5.96 Å². The number of aliphatic hydroxyl groups is 1. The number of amides is 3. The molecule has 5 atom stereocenters. The lowest BCUT2D eigenvalue weighted by molar-refractivity contribution is -0.142. The molecule has 0 bridgehead atoms. The van der Waals surface area contributed by atoms with Gasteiger partial charge in [0.1, 0.15) is 18.1 Å².